The average Bonchev–Trinajstić information content (AvgIpc) is 3.30. The van der Waals surface area contributed by atoms with Crippen LogP contribution in [0, 0.1) is 5.82 Å². The summed E-state index contributed by atoms with van der Waals surface area (Å²) in [7, 11) is 0. The molecule has 6 nitrogen and oxygen atoms in total. The smallest absolute Gasteiger partial charge is 0.301 e. The summed E-state index contributed by atoms with van der Waals surface area (Å²) in [5.41, 5.74) is 0.767. The van der Waals surface area contributed by atoms with Gasteiger partial charge in [0.15, 0.2) is 5.13 Å². The summed E-state index contributed by atoms with van der Waals surface area (Å²) in [5, 5.41) is 12.8. The van der Waals surface area contributed by atoms with Gasteiger partial charge in [-0.2, -0.15) is 0 Å². The summed E-state index contributed by atoms with van der Waals surface area (Å²) in [5.74, 6) is -2.38. The van der Waals surface area contributed by atoms with Gasteiger partial charge >= 0.3 is 5.91 Å². The maximum absolute atomic E-state index is 13.4. The Hall–Kier alpha value is -3.39. The van der Waals surface area contributed by atoms with E-state index in [2.05, 4.69) is 9.97 Å². The average molecular weight is 381 g/mol. The number of ketones is 1. The Bertz CT molecular complexity index is 1030. The SMILES string of the molecule is O=C1C(=O)N(c2nccs2)C(c2ccc(F)cc2)C1=C(O)c1ccncc1. The zero-order valence-corrected chi connectivity index (χ0v) is 14.6. The predicted molar refractivity (Wildman–Crippen MR) is 97.5 cm³/mol. The molecule has 1 aliphatic rings. The number of halogens is 1. The summed E-state index contributed by atoms with van der Waals surface area (Å²) in [4.78, 5) is 34.7. The third kappa shape index (κ3) is 2.89. The van der Waals surface area contributed by atoms with Crippen LogP contribution in [0.25, 0.3) is 5.76 Å². The maximum atomic E-state index is 13.4. The van der Waals surface area contributed by atoms with Crippen LogP contribution in [0.2, 0.25) is 0 Å². The minimum Gasteiger partial charge on any atom is -0.507 e. The van der Waals surface area contributed by atoms with Crippen LogP contribution in [0.15, 0.2) is 65.9 Å². The Morgan fingerprint density at radius 3 is 2.41 bits per heavy atom. The monoisotopic (exact) mass is 381 g/mol. The van der Waals surface area contributed by atoms with Gasteiger partial charge in [0.2, 0.25) is 0 Å². The molecule has 0 saturated carbocycles. The molecular weight excluding hydrogens is 369 g/mol. The number of amides is 1. The van der Waals surface area contributed by atoms with Gasteiger partial charge in [-0.1, -0.05) is 12.1 Å². The molecule has 1 saturated heterocycles. The minimum atomic E-state index is -0.912. The van der Waals surface area contributed by atoms with Crippen molar-refractivity contribution in [3.8, 4) is 0 Å². The lowest BCUT2D eigenvalue weighted by molar-refractivity contribution is -0.132. The number of nitrogens with zero attached hydrogens (tertiary/aromatic N) is 3. The van der Waals surface area contributed by atoms with Gasteiger partial charge in [0, 0.05) is 29.5 Å². The second-order valence-electron chi connectivity index (χ2n) is 5.77. The zero-order valence-electron chi connectivity index (χ0n) is 13.7. The molecule has 0 spiro atoms. The number of thiazole rings is 1. The summed E-state index contributed by atoms with van der Waals surface area (Å²) >= 11 is 1.19. The van der Waals surface area contributed by atoms with Gasteiger partial charge in [0.25, 0.3) is 5.78 Å². The molecule has 1 aliphatic heterocycles. The topological polar surface area (TPSA) is 83.4 Å². The third-order valence-corrected chi connectivity index (χ3v) is 4.98. The van der Waals surface area contributed by atoms with E-state index in [1.165, 1.54) is 71.2 Å². The molecule has 27 heavy (non-hydrogen) atoms. The van der Waals surface area contributed by atoms with E-state index in [0.29, 0.717) is 16.3 Å². The Kier molecular flexibility index (Phi) is 4.25. The van der Waals surface area contributed by atoms with Crippen molar-refractivity contribution in [1.82, 2.24) is 9.97 Å². The molecule has 1 aromatic carbocycles. The molecular formula is C19H12FN3O3S. The molecule has 0 radical (unpaired) electrons. The quantitative estimate of drug-likeness (QED) is 0.428. The first-order chi connectivity index (χ1) is 13.1. The predicted octanol–water partition coefficient (Wildman–Crippen LogP) is 3.30. The maximum Gasteiger partial charge on any atom is 0.301 e. The van der Waals surface area contributed by atoms with E-state index in [-0.39, 0.29) is 11.3 Å². The fraction of sp³-hybridized carbons (Fsp3) is 0.0526. The number of benzene rings is 1. The summed E-state index contributed by atoms with van der Waals surface area (Å²) in [6.07, 6.45) is 4.46. The molecule has 0 bridgehead atoms. The number of carbonyl (C=O) groups is 2. The number of aromatic nitrogens is 2. The van der Waals surface area contributed by atoms with Crippen molar-refractivity contribution in [1.29, 1.82) is 0 Å². The highest BCUT2D eigenvalue weighted by molar-refractivity contribution is 7.14. The Morgan fingerprint density at radius 1 is 1.07 bits per heavy atom. The fourth-order valence-electron chi connectivity index (χ4n) is 2.99. The number of aliphatic hydroxyl groups is 1. The van der Waals surface area contributed by atoms with E-state index < -0.39 is 23.5 Å². The van der Waals surface area contributed by atoms with Crippen LogP contribution in [0.5, 0.6) is 0 Å². The highest BCUT2D eigenvalue weighted by atomic mass is 32.1. The number of hydrogen-bond donors (Lipinski definition) is 1. The van der Waals surface area contributed by atoms with Gasteiger partial charge in [-0.25, -0.2) is 9.37 Å². The molecule has 1 amide bonds. The summed E-state index contributed by atoms with van der Waals surface area (Å²) in [6, 6.07) is 7.60. The normalized spacial score (nSPS) is 18.9. The Labute approximate surface area is 157 Å². The van der Waals surface area contributed by atoms with Crippen LogP contribution in [0.3, 0.4) is 0 Å². The van der Waals surface area contributed by atoms with Crippen molar-refractivity contribution in [3.05, 3.63) is 82.9 Å². The molecule has 8 heteroatoms. The van der Waals surface area contributed by atoms with Gasteiger partial charge in [-0.3, -0.25) is 19.5 Å². The highest BCUT2D eigenvalue weighted by Gasteiger charge is 2.47. The van der Waals surface area contributed by atoms with Crippen molar-refractivity contribution < 1.29 is 19.1 Å². The molecule has 3 heterocycles. The number of Topliss-reactive ketones (excluding diaryl/α,β-unsaturated/α-hetero) is 1. The second-order valence-corrected chi connectivity index (χ2v) is 6.64. The Balaban J connectivity index is 1.94. The van der Waals surface area contributed by atoms with Crippen LogP contribution in [0.4, 0.5) is 9.52 Å². The van der Waals surface area contributed by atoms with E-state index in [4.69, 9.17) is 0 Å². The van der Waals surface area contributed by atoms with Crippen molar-refractivity contribution in [3.63, 3.8) is 0 Å². The highest BCUT2D eigenvalue weighted by Crippen LogP contribution is 2.42. The lowest BCUT2D eigenvalue weighted by Gasteiger charge is -2.22. The zero-order chi connectivity index (χ0) is 19.0. The van der Waals surface area contributed by atoms with Crippen molar-refractivity contribution in [2.75, 3.05) is 4.90 Å². The second kappa shape index (κ2) is 6.73. The van der Waals surface area contributed by atoms with Gasteiger partial charge in [0.05, 0.1) is 11.6 Å². The van der Waals surface area contributed by atoms with Crippen LogP contribution in [-0.4, -0.2) is 26.8 Å². The number of rotatable bonds is 3. The van der Waals surface area contributed by atoms with Gasteiger partial charge in [-0.15, -0.1) is 11.3 Å². The lowest BCUT2D eigenvalue weighted by atomic mass is 9.95. The standard InChI is InChI=1S/C19H12FN3O3S/c20-13-3-1-11(2-4-13)15-14(16(24)12-5-7-21-8-6-12)17(25)18(26)23(15)19-22-9-10-27-19/h1-10,15,24H. The van der Waals surface area contributed by atoms with Crippen LogP contribution in [-0.2, 0) is 9.59 Å². The van der Waals surface area contributed by atoms with E-state index in [1.807, 2.05) is 0 Å². The molecule has 134 valence electrons. The van der Waals surface area contributed by atoms with Crippen LogP contribution < -0.4 is 4.90 Å². The number of carbonyl (C=O) groups excluding carboxylic acids is 2. The molecule has 1 unspecified atom stereocenters. The molecule has 2 aromatic heterocycles. The largest absolute Gasteiger partial charge is 0.507 e. The third-order valence-electron chi connectivity index (χ3n) is 4.21. The van der Waals surface area contributed by atoms with Crippen molar-refractivity contribution in [2.45, 2.75) is 6.04 Å². The van der Waals surface area contributed by atoms with Crippen LogP contribution >= 0.6 is 11.3 Å². The lowest BCUT2D eigenvalue weighted by Crippen LogP contribution is -2.29. The van der Waals surface area contributed by atoms with Gasteiger partial charge in [-0.05, 0) is 29.8 Å². The minimum absolute atomic E-state index is 0.0759. The summed E-state index contributed by atoms with van der Waals surface area (Å²) in [6.45, 7) is 0. The molecule has 0 aliphatic carbocycles. The first-order valence-electron chi connectivity index (χ1n) is 7.94. The number of pyridine rings is 1. The fourth-order valence-corrected chi connectivity index (χ4v) is 3.66. The van der Waals surface area contributed by atoms with Crippen molar-refractivity contribution >= 4 is 33.9 Å². The first-order valence-corrected chi connectivity index (χ1v) is 8.82. The molecule has 1 fully saturated rings. The van der Waals surface area contributed by atoms with Gasteiger partial charge < -0.3 is 5.11 Å². The number of aliphatic hydroxyl groups excluding tert-OH is 1. The molecule has 4 rings (SSSR count). The Morgan fingerprint density at radius 2 is 1.78 bits per heavy atom. The first kappa shape index (κ1) is 17.0. The molecule has 3 aromatic rings. The van der Waals surface area contributed by atoms with E-state index >= 15 is 0 Å². The van der Waals surface area contributed by atoms with Crippen LogP contribution in [0.1, 0.15) is 17.2 Å². The number of hydrogen-bond acceptors (Lipinski definition) is 6. The summed E-state index contributed by atoms with van der Waals surface area (Å²) < 4.78 is 13.4. The van der Waals surface area contributed by atoms with Crippen molar-refractivity contribution in [2.24, 2.45) is 0 Å². The number of anilines is 1. The molecule has 1 N–H and O–H groups in total. The molecule has 1 atom stereocenters. The van der Waals surface area contributed by atoms with E-state index in [9.17, 15) is 19.1 Å². The van der Waals surface area contributed by atoms with E-state index in [0.717, 1.165) is 0 Å². The van der Waals surface area contributed by atoms with E-state index in [1.54, 1.807) is 5.38 Å². The van der Waals surface area contributed by atoms with Gasteiger partial charge in [0.1, 0.15) is 11.6 Å².